The van der Waals surface area contributed by atoms with Gasteiger partial charge in [0.15, 0.2) is 0 Å². The van der Waals surface area contributed by atoms with E-state index < -0.39 is 0 Å². The van der Waals surface area contributed by atoms with Crippen molar-refractivity contribution in [1.82, 2.24) is 0 Å². The van der Waals surface area contributed by atoms with E-state index in [1.54, 1.807) is 7.11 Å². The quantitative estimate of drug-likeness (QED) is 0.753. The molecule has 0 spiro atoms. The molecule has 0 bridgehead atoms. The molecule has 0 saturated heterocycles. The minimum atomic E-state index is 0. The van der Waals surface area contributed by atoms with E-state index in [0.717, 1.165) is 5.75 Å². The van der Waals surface area contributed by atoms with E-state index in [1.807, 2.05) is 24.3 Å². The van der Waals surface area contributed by atoms with Crippen LogP contribution in [0.5, 0.6) is 5.75 Å². The Morgan fingerprint density at radius 3 is 2.31 bits per heavy atom. The van der Waals surface area contributed by atoms with Crippen molar-refractivity contribution in [2.75, 3.05) is 7.11 Å². The third kappa shape index (κ3) is 2.72. The zero-order valence-electron chi connectivity index (χ0n) is 8.81. The molecule has 0 amide bonds. The first-order valence-corrected chi connectivity index (χ1v) is 5.78. The number of ether oxygens (including phenoxy) is 1. The number of hydrogen-bond donors (Lipinski definition) is 0. The SMILES string of the molecule is COc1ccc(I)c(-c2ccccc2)c1.F. The number of halogens is 2. The fourth-order valence-corrected chi connectivity index (χ4v) is 2.12. The molecule has 0 N–H and O–H groups in total. The van der Waals surface area contributed by atoms with Gasteiger partial charge < -0.3 is 4.74 Å². The molecule has 0 aliphatic carbocycles. The highest BCUT2D eigenvalue weighted by molar-refractivity contribution is 14.1. The van der Waals surface area contributed by atoms with Gasteiger partial charge in [-0.15, -0.1) is 0 Å². The Kier molecular flexibility index (Phi) is 4.73. The van der Waals surface area contributed by atoms with E-state index in [2.05, 4.69) is 46.9 Å². The standard InChI is InChI=1S/C13H11IO.FH/c1-15-11-7-8-13(14)12(9-11)10-5-3-2-4-6-10;/h2-9H,1H3;1H. The van der Waals surface area contributed by atoms with Crippen LogP contribution in [0.4, 0.5) is 4.70 Å². The van der Waals surface area contributed by atoms with E-state index in [1.165, 1.54) is 14.7 Å². The second-order valence-electron chi connectivity index (χ2n) is 3.21. The second-order valence-corrected chi connectivity index (χ2v) is 4.37. The predicted molar refractivity (Wildman–Crippen MR) is 73.7 cm³/mol. The maximum atomic E-state index is 5.23. The van der Waals surface area contributed by atoms with E-state index in [-0.39, 0.29) is 4.70 Å². The first-order valence-electron chi connectivity index (χ1n) is 4.70. The van der Waals surface area contributed by atoms with Gasteiger partial charge >= 0.3 is 0 Å². The first-order chi connectivity index (χ1) is 7.31. The van der Waals surface area contributed by atoms with Gasteiger partial charge in [0.2, 0.25) is 0 Å². The lowest BCUT2D eigenvalue weighted by atomic mass is 10.1. The molecule has 0 atom stereocenters. The summed E-state index contributed by atoms with van der Waals surface area (Å²) >= 11 is 2.34. The summed E-state index contributed by atoms with van der Waals surface area (Å²) < 4.78 is 6.46. The van der Waals surface area contributed by atoms with Crippen LogP contribution in [0.15, 0.2) is 48.5 Å². The van der Waals surface area contributed by atoms with Gasteiger partial charge in [0.05, 0.1) is 7.11 Å². The van der Waals surface area contributed by atoms with Crippen molar-refractivity contribution in [2.24, 2.45) is 0 Å². The van der Waals surface area contributed by atoms with Crippen LogP contribution in [0.2, 0.25) is 0 Å². The molecular formula is C13H12FIO. The van der Waals surface area contributed by atoms with Crippen molar-refractivity contribution in [3.8, 4) is 16.9 Å². The summed E-state index contributed by atoms with van der Waals surface area (Å²) in [5.74, 6) is 0.897. The summed E-state index contributed by atoms with van der Waals surface area (Å²) in [7, 11) is 1.69. The molecule has 0 radical (unpaired) electrons. The van der Waals surface area contributed by atoms with Crippen LogP contribution in [0.3, 0.4) is 0 Å². The van der Waals surface area contributed by atoms with Crippen molar-refractivity contribution in [2.45, 2.75) is 0 Å². The maximum Gasteiger partial charge on any atom is 0.119 e. The van der Waals surface area contributed by atoms with Crippen molar-refractivity contribution in [1.29, 1.82) is 0 Å². The van der Waals surface area contributed by atoms with Crippen molar-refractivity contribution < 1.29 is 9.44 Å². The molecule has 0 fully saturated rings. The fraction of sp³-hybridized carbons (Fsp3) is 0.0769. The van der Waals surface area contributed by atoms with Crippen LogP contribution in [0, 0.1) is 3.57 Å². The minimum Gasteiger partial charge on any atom is -0.497 e. The highest BCUT2D eigenvalue weighted by Crippen LogP contribution is 2.28. The molecule has 16 heavy (non-hydrogen) atoms. The van der Waals surface area contributed by atoms with Crippen LogP contribution in [0.1, 0.15) is 0 Å². The monoisotopic (exact) mass is 330 g/mol. The normalized spacial score (nSPS) is 9.38. The van der Waals surface area contributed by atoms with Gasteiger partial charge in [-0.05, 0) is 51.9 Å². The zero-order chi connectivity index (χ0) is 10.7. The lowest BCUT2D eigenvalue weighted by Gasteiger charge is -2.07. The molecule has 2 aromatic rings. The number of rotatable bonds is 2. The molecule has 1 nitrogen and oxygen atoms in total. The van der Waals surface area contributed by atoms with Crippen molar-refractivity contribution >= 4 is 22.6 Å². The van der Waals surface area contributed by atoms with Gasteiger partial charge in [0, 0.05) is 3.57 Å². The van der Waals surface area contributed by atoms with E-state index in [9.17, 15) is 0 Å². The molecular weight excluding hydrogens is 318 g/mol. The lowest BCUT2D eigenvalue weighted by Crippen LogP contribution is -1.86. The average Bonchev–Trinajstić information content (AvgIpc) is 2.31. The smallest absolute Gasteiger partial charge is 0.119 e. The highest BCUT2D eigenvalue weighted by atomic mass is 127. The lowest BCUT2D eigenvalue weighted by molar-refractivity contribution is 0.415. The number of hydrogen-bond acceptors (Lipinski definition) is 1. The molecule has 0 heterocycles. The third-order valence-electron chi connectivity index (χ3n) is 2.26. The van der Waals surface area contributed by atoms with Crippen LogP contribution in [0.25, 0.3) is 11.1 Å². The van der Waals surface area contributed by atoms with Crippen LogP contribution in [-0.2, 0) is 0 Å². The van der Waals surface area contributed by atoms with Gasteiger partial charge in [-0.2, -0.15) is 0 Å². The van der Waals surface area contributed by atoms with Gasteiger partial charge in [0.25, 0.3) is 0 Å². The predicted octanol–water partition coefficient (Wildman–Crippen LogP) is 4.12. The largest absolute Gasteiger partial charge is 0.497 e. The minimum absolute atomic E-state index is 0. The summed E-state index contributed by atoms with van der Waals surface area (Å²) in [6.07, 6.45) is 0. The topological polar surface area (TPSA) is 9.23 Å². The summed E-state index contributed by atoms with van der Waals surface area (Å²) in [6, 6.07) is 16.5. The van der Waals surface area contributed by atoms with E-state index in [4.69, 9.17) is 4.74 Å². The second kappa shape index (κ2) is 5.84. The van der Waals surface area contributed by atoms with E-state index in [0.29, 0.717) is 0 Å². The Labute approximate surface area is 108 Å². The van der Waals surface area contributed by atoms with E-state index >= 15 is 0 Å². The van der Waals surface area contributed by atoms with Gasteiger partial charge in [-0.25, -0.2) is 0 Å². The zero-order valence-corrected chi connectivity index (χ0v) is 11.0. The number of benzene rings is 2. The Hall–Kier alpha value is -1.10. The Bertz CT molecular complexity index is 457. The molecule has 0 unspecified atom stereocenters. The van der Waals surface area contributed by atoms with Crippen molar-refractivity contribution in [3.63, 3.8) is 0 Å². The molecule has 0 aliphatic rings. The third-order valence-corrected chi connectivity index (χ3v) is 3.20. The van der Waals surface area contributed by atoms with Gasteiger partial charge in [-0.1, -0.05) is 30.3 Å². The van der Waals surface area contributed by atoms with Crippen LogP contribution < -0.4 is 4.74 Å². The van der Waals surface area contributed by atoms with Gasteiger partial charge in [-0.3, -0.25) is 4.70 Å². The maximum absolute atomic E-state index is 5.23. The molecule has 0 aliphatic heterocycles. The molecule has 84 valence electrons. The summed E-state index contributed by atoms with van der Waals surface area (Å²) in [5, 5.41) is 0. The van der Waals surface area contributed by atoms with Crippen molar-refractivity contribution in [3.05, 3.63) is 52.1 Å². The molecule has 0 saturated carbocycles. The summed E-state index contributed by atoms with van der Waals surface area (Å²) in [6.45, 7) is 0. The Balaban J connectivity index is 0.00000128. The number of methoxy groups -OCH3 is 1. The van der Waals surface area contributed by atoms with Crippen LogP contribution >= 0.6 is 22.6 Å². The van der Waals surface area contributed by atoms with Gasteiger partial charge in [0.1, 0.15) is 5.75 Å². The molecule has 2 aromatic carbocycles. The summed E-state index contributed by atoms with van der Waals surface area (Å²) in [4.78, 5) is 0. The molecule has 3 heteroatoms. The first kappa shape index (κ1) is 13.0. The fourth-order valence-electron chi connectivity index (χ4n) is 1.47. The molecule has 2 rings (SSSR count). The molecule has 0 aromatic heterocycles. The Morgan fingerprint density at radius 1 is 1.00 bits per heavy atom. The summed E-state index contributed by atoms with van der Waals surface area (Å²) in [5.41, 5.74) is 2.44. The van der Waals surface area contributed by atoms with Crippen LogP contribution in [-0.4, -0.2) is 7.11 Å². The Morgan fingerprint density at radius 2 is 1.69 bits per heavy atom. The average molecular weight is 330 g/mol. The highest BCUT2D eigenvalue weighted by Gasteiger charge is 2.03.